The van der Waals surface area contributed by atoms with E-state index in [1.807, 2.05) is 0 Å². The zero-order valence-electron chi connectivity index (χ0n) is 10.6. The monoisotopic (exact) mass is 248 g/mol. The lowest BCUT2D eigenvalue weighted by atomic mass is 9.86. The largest absolute Gasteiger partial charge is 0.313 e. The van der Waals surface area contributed by atoms with Crippen LogP contribution in [0.1, 0.15) is 32.6 Å². The molecule has 0 radical (unpaired) electrons. The standard InChI is InChI=1S/C11H24N2O2S/c1-10-6-4-5-7-11(10)12-8-9-16(14,15)13(2)3/h10-12H,4-9H2,1-3H3. The quantitative estimate of drug-likeness (QED) is 0.791. The van der Waals surface area contributed by atoms with Crippen LogP contribution in [-0.2, 0) is 10.0 Å². The Bertz CT molecular complexity index is 301. The van der Waals surface area contributed by atoms with Gasteiger partial charge in [-0.25, -0.2) is 12.7 Å². The van der Waals surface area contributed by atoms with Gasteiger partial charge in [0.1, 0.15) is 0 Å². The van der Waals surface area contributed by atoms with Crippen LogP contribution in [-0.4, -0.2) is 45.2 Å². The molecular formula is C11H24N2O2S. The molecule has 1 aliphatic rings. The highest BCUT2D eigenvalue weighted by molar-refractivity contribution is 7.89. The second-order valence-corrected chi connectivity index (χ2v) is 7.22. The van der Waals surface area contributed by atoms with E-state index in [4.69, 9.17) is 0 Å². The van der Waals surface area contributed by atoms with Crippen molar-refractivity contribution in [3.8, 4) is 0 Å². The van der Waals surface area contributed by atoms with Gasteiger partial charge in [0.2, 0.25) is 10.0 Å². The molecule has 0 spiro atoms. The molecular weight excluding hydrogens is 224 g/mol. The summed E-state index contributed by atoms with van der Waals surface area (Å²) in [7, 11) is 0.118. The van der Waals surface area contributed by atoms with Gasteiger partial charge in [0.15, 0.2) is 0 Å². The van der Waals surface area contributed by atoms with Gasteiger partial charge in [-0.1, -0.05) is 19.8 Å². The molecule has 1 N–H and O–H groups in total. The molecule has 5 heteroatoms. The van der Waals surface area contributed by atoms with E-state index >= 15 is 0 Å². The molecule has 16 heavy (non-hydrogen) atoms. The van der Waals surface area contributed by atoms with Crippen molar-refractivity contribution in [1.29, 1.82) is 0 Å². The first kappa shape index (κ1) is 13.9. The van der Waals surface area contributed by atoms with Crippen molar-refractivity contribution in [1.82, 2.24) is 9.62 Å². The van der Waals surface area contributed by atoms with Gasteiger partial charge in [0, 0.05) is 26.7 Å². The van der Waals surface area contributed by atoms with Crippen LogP contribution in [0.2, 0.25) is 0 Å². The molecule has 0 saturated heterocycles. The molecule has 1 fully saturated rings. The van der Waals surface area contributed by atoms with E-state index in [2.05, 4.69) is 12.2 Å². The Kier molecular flexibility index (Phi) is 5.21. The van der Waals surface area contributed by atoms with Crippen LogP contribution in [0.15, 0.2) is 0 Å². The number of hydrogen-bond donors (Lipinski definition) is 1. The average Bonchev–Trinajstić information content (AvgIpc) is 2.20. The zero-order chi connectivity index (χ0) is 12.2. The maximum Gasteiger partial charge on any atom is 0.214 e. The van der Waals surface area contributed by atoms with Crippen LogP contribution in [0.5, 0.6) is 0 Å². The Labute approximate surface area is 99.5 Å². The van der Waals surface area contributed by atoms with Gasteiger partial charge in [-0.05, 0) is 18.8 Å². The lowest BCUT2D eigenvalue weighted by Gasteiger charge is -2.29. The van der Waals surface area contributed by atoms with Crippen molar-refractivity contribution in [2.75, 3.05) is 26.4 Å². The summed E-state index contributed by atoms with van der Waals surface area (Å²) in [5, 5.41) is 3.38. The fourth-order valence-corrected chi connectivity index (χ4v) is 2.92. The van der Waals surface area contributed by atoms with E-state index in [1.54, 1.807) is 14.1 Å². The number of nitrogens with zero attached hydrogens (tertiary/aromatic N) is 1. The Hall–Kier alpha value is -0.130. The molecule has 0 aromatic heterocycles. The van der Waals surface area contributed by atoms with Gasteiger partial charge in [-0.2, -0.15) is 0 Å². The van der Waals surface area contributed by atoms with Crippen LogP contribution in [0.25, 0.3) is 0 Å². The normalized spacial score (nSPS) is 27.2. The molecule has 96 valence electrons. The third-order valence-electron chi connectivity index (χ3n) is 3.43. The highest BCUT2D eigenvalue weighted by Gasteiger charge is 2.21. The minimum absolute atomic E-state index is 0.198. The van der Waals surface area contributed by atoms with E-state index in [9.17, 15) is 8.42 Å². The molecule has 1 saturated carbocycles. The second kappa shape index (κ2) is 5.98. The first-order chi connectivity index (χ1) is 7.43. The van der Waals surface area contributed by atoms with Crippen LogP contribution in [0.3, 0.4) is 0 Å². The van der Waals surface area contributed by atoms with Crippen molar-refractivity contribution in [2.45, 2.75) is 38.6 Å². The van der Waals surface area contributed by atoms with E-state index in [0.717, 1.165) is 0 Å². The van der Waals surface area contributed by atoms with Crippen LogP contribution >= 0.6 is 0 Å². The topological polar surface area (TPSA) is 49.4 Å². The fourth-order valence-electron chi connectivity index (χ4n) is 2.18. The molecule has 2 unspecified atom stereocenters. The smallest absolute Gasteiger partial charge is 0.214 e. The highest BCUT2D eigenvalue weighted by atomic mass is 32.2. The van der Waals surface area contributed by atoms with Crippen molar-refractivity contribution in [3.05, 3.63) is 0 Å². The molecule has 0 aliphatic heterocycles. The summed E-state index contributed by atoms with van der Waals surface area (Å²) in [5.74, 6) is 0.874. The zero-order valence-corrected chi connectivity index (χ0v) is 11.4. The molecule has 1 aliphatic carbocycles. The van der Waals surface area contributed by atoms with Gasteiger partial charge in [-0.15, -0.1) is 0 Å². The van der Waals surface area contributed by atoms with E-state index in [0.29, 0.717) is 18.5 Å². The number of rotatable bonds is 5. The maximum absolute atomic E-state index is 11.5. The summed E-state index contributed by atoms with van der Waals surface area (Å²) in [6.45, 7) is 2.81. The van der Waals surface area contributed by atoms with E-state index in [-0.39, 0.29) is 5.75 Å². The number of sulfonamides is 1. The summed E-state index contributed by atoms with van der Waals surface area (Å²) < 4.78 is 24.4. The summed E-state index contributed by atoms with van der Waals surface area (Å²) in [4.78, 5) is 0. The Morgan fingerprint density at radius 3 is 2.44 bits per heavy atom. The molecule has 0 aromatic rings. The first-order valence-corrected chi connectivity index (χ1v) is 7.68. The molecule has 0 heterocycles. The lowest BCUT2D eigenvalue weighted by molar-refractivity contribution is 0.285. The predicted molar refractivity (Wildman–Crippen MR) is 66.9 cm³/mol. The first-order valence-electron chi connectivity index (χ1n) is 6.07. The van der Waals surface area contributed by atoms with Crippen LogP contribution in [0, 0.1) is 5.92 Å². The number of nitrogens with one attached hydrogen (secondary N) is 1. The van der Waals surface area contributed by atoms with Crippen molar-refractivity contribution < 1.29 is 8.42 Å². The molecule has 2 atom stereocenters. The Morgan fingerprint density at radius 2 is 1.88 bits per heavy atom. The SMILES string of the molecule is CC1CCCCC1NCCS(=O)(=O)N(C)C. The van der Waals surface area contributed by atoms with E-state index < -0.39 is 10.0 Å². The van der Waals surface area contributed by atoms with Crippen molar-refractivity contribution >= 4 is 10.0 Å². The Morgan fingerprint density at radius 1 is 1.25 bits per heavy atom. The summed E-state index contributed by atoms with van der Waals surface area (Å²) in [5.41, 5.74) is 0. The van der Waals surface area contributed by atoms with E-state index in [1.165, 1.54) is 30.0 Å². The molecule has 1 rings (SSSR count). The Balaban J connectivity index is 2.30. The van der Waals surface area contributed by atoms with Crippen molar-refractivity contribution in [3.63, 3.8) is 0 Å². The third kappa shape index (κ3) is 4.03. The van der Waals surface area contributed by atoms with Crippen LogP contribution in [0.4, 0.5) is 0 Å². The molecule has 4 nitrogen and oxygen atoms in total. The van der Waals surface area contributed by atoms with Gasteiger partial charge < -0.3 is 5.32 Å². The summed E-state index contributed by atoms with van der Waals surface area (Å²) in [6.07, 6.45) is 5.03. The third-order valence-corrected chi connectivity index (χ3v) is 5.27. The van der Waals surface area contributed by atoms with Crippen molar-refractivity contribution in [2.24, 2.45) is 5.92 Å². The lowest BCUT2D eigenvalue weighted by Crippen LogP contribution is -2.41. The fraction of sp³-hybridized carbons (Fsp3) is 1.00. The van der Waals surface area contributed by atoms with Gasteiger partial charge in [0.25, 0.3) is 0 Å². The maximum atomic E-state index is 11.5. The van der Waals surface area contributed by atoms with Gasteiger partial charge in [0.05, 0.1) is 5.75 Å². The summed E-state index contributed by atoms with van der Waals surface area (Å²) >= 11 is 0. The average molecular weight is 248 g/mol. The minimum atomic E-state index is -3.05. The minimum Gasteiger partial charge on any atom is -0.313 e. The molecule has 0 bridgehead atoms. The van der Waals surface area contributed by atoms with Gasteiger partial charge in [-0.3, -0.25) is 0 Å². The van der Waals surface area contributed by atoms with Crippen LogP contribution < -0.4 is 5.32 Å². The van der Waals surface area contributed by atoms with Gasteiger partial charge >= 0.3 is 0 Å². The molecule has 0 amide bonds. The summed E-state index contributed by atoms with van der Waals surface area (Å²) in [6, 6.07) is 0.506. The predicted octanol–water partition coefficient (Wildman–Crippen LogP) is 1.05. The highest BCUT2D eigenvalue weighted by Crippen LogP contribution is 2.23. The number of hydrogen-bond acceptors (Lipinski definition) is 3. The molecule has 0 aromatic carbocycles. The second-order valence-electron chi connectivity index (χ2n) is 4.92.